The van der Waals surface area contributed by atoms with Crippen molar-refractivity contribution in [2.75, 3.05) is 19.6 Å². The minimum atomic E-state index is 0.243. The topological polar surface area (TPSA) is 20.3 Å². The van der Waals surface area contributed by atoms with Crippen LogP contribution in [0.4, 0.5) is 0 Å². The van der Waals surface area contributed by atoms with Gasteiger partial charge in [-0.2, -0.15) is 0 Å². The minimum absolute atomic E-state index is 0.243. The Hall–Kier alpha value is 0.1000. The second-order valence-electron chi connectivity index (χ2n) is 5.29. The maximum Gasteiger partial charge on any atom is 0.218 e. The van der Waals surface area contributed by atoms with Crippen LogP contribution < -0.4 is 0 Å². The Morgan fingerprint density at radius 3 is 2.75 bits per heavy atom. The van der Waals surface area contributed by atoms with E-state index in [9.17, 15) is 4.79 Å². The Balaban J connectivity index is 1.74. The lowest BCUT2D eigenvalue weighted by Gasteiger charge is -2.32. The summed E-state index contributed by atoms with van der Waals surface area (Å²) in [6.45, 7) is 6.05. The highest BCUT2D eigenvalue weighted by molar-refractivity contribution is 14.1. The standard InChI is InChI=1S/C13H20INO/c1-10-4-6-15(7-5-10)9-11-2-3-12(8-11)13(14)16/h3,10-11H,2,4-9H2,1H3. The highest BCUT2D eigenvalue weighted by atomic mass is 127. The van der Waals surface area contributed by atoms with Gasteiger partial charge in [-0.25, -0.2) is 0 Å². The van der Waals surface area contributed by atoms with Crippen LogP contribution in [0.2, 0.25) is 0 Å². The van der Waals surface area contributed by atoms with Crippen LogP contribution in [-0.2, 0) is 4.79 Å². The van der Waals surface area contributed by atoms with E-state index in [1.165, 1.54) is 32.5 Å². The molecule has 0 spiro atoms. The molecule has 1 heterocycles. The average molecular weight is 333 g/mol. The molecule has 0 amide bonds. The van der Waals surface area contributed by atoms with Crippen molar-refractivity contribution < 1.29 is 4.79 Å². The summed E-state index contributed by atoms with van der Waals surface area (Å²) in [4.78, 5) is 13.8. The number of nitrogens with zero attached hydrogens (tertiary/aromatic N) is 1. The number of carbonyl (C=O) groups is 1. The predicted octanol–water partition coefficient (Wildman–Crippen LogP) is 3.02. The first kappa shape index (κ1) is 12.6. The maximum absolute atomic E-state index is 11.2. The lowest BCUT2D eigenvalue weighted by Crippen LogP contribution is -2.36. The van der Waals surface area contributed by atoms with Crippen molar-refractivity contribution in [1.82, 2.24) is 4.90 Å². The number of allylic oxidation sites excluding steroid dienone is 2. The molecule has 2 rings (SSSR count). The second kappa shape index (κ2) is 5.63. The van der Waals surface area contributed by atoms with E-state index in [4.69, 9.17) is 0 Å². The summed E-state index contributed by atoms with van der Waals surface area (Å²) in [6, 6.07) is 0. The van der Waals surface area contributed by atoms with Crippen molar-refractivity contribution in [3.63, 3.8) is 0 Å². The van der Waals surface area contributed by atoms with Crippen LogP contribution in [0.5, 0.6) is 0 Å². The summed E-state index contributed by atoms with van der Waals surface area (Å²) in [5, 5.41) is 0. The van der Waals surface area contributed by atoms with Crippen LogP contribution in [0, 0.1) is 11.8 Å². The third kappa shape index (κ3) is 3.29. The van der Waals surface area contributed by atoms with Crippen LogP contribution >= 0.6 is 22.6 Å². The fraction of sp³-hybridized carbons (Fsp3) is 0.769. The molecule has 90 valence electrons. The van der Waals surface area contributed by atoms with Gasteiger partial charge in [-0.05, 0) is 50.6 Å². The van der Waals surface area contributed by atoms with Gasteiger partial charge in [0.15, 0.2) is 0 Å². The quantitative estimate of drug-likeness (QED) is 0.585. The first-order chi connectivity index (χ1) is 7.65. The molecule has 0 saturated carbocycles. The van der Waals surface area contributed by atoms with Crippen LogP contribution in [0.1, 0.15) is 32.6 Å². The fourth-order valence-corrected chi connectivity index (χ4v) is 3.14. The average Bonchev–Trinajstić information content (AvgIpc) is 2.70. The van der Waals surface area contributed by atoms with E-state index >= 15 is 0 Å². The van der Waals surface area contributed by atoms with Gasteiger partial charge in [0.25, 0.3) is 0 Å². The number of hydrogen-bond acceptors (Lipinski definition) is 2. The number of halogens is 1. The number of hydrogen-bond donors (Lipinski definition) is 0. The van der Waals surface area contributed by atoms with Crippen molar-refractivity contribution >= 4 is 26.4 Å². The Morgan fingerprint density at radius 1 is 1.50 bits per heavy atom. The number of piperidine rings is 1. The lowest BCUT2D eigenvalue weighted by molar-refractivity contribution is -0.106. The fourth-order valence-electron chi connectivity index (χ4n) is 2.70. The molecule has 0 radical (unpaired) electrons. The summed E-state index contributed by atoms with van der Waals surface area (Å²) in [5.74, 6) is 1.60. The predicted molar refractivity (Wildman–Crippen MR) is 74.7 cm³/mol. The van der Waals surface area contributed by atoms with E-state index in [1.54, 1.807) is 0 Å². The normalized spacial score (nSPS) is 28.1. The summed E-state index contributed by atoms with van der Waals surface area (Å²) in [5.41, 5.74) is 1.05. The molecule has 2 nitrogen and oxygen atoms in total. The van der Waals surface area contributed by atoms with Gasteiger partial charge in [0, 0.05) is 34.7 Å². The zero-order valence-corrected chi connectivity index (χ0v) is 12.1. The van der Waals surface area contributed by atoms with Crippen LogP contribution in [0.3, 0.4) is 0 Å². The third-order valence-corrected chi connectivity index (χ3v) is 4.54. The Labute approximate surface area is 112 Å². The monoisotopic (exact) mass is 333 g/mol. The maximum atomic E-state index is 11.2. The summed E-state index contributed by atoms with van der Waals surface area (Å²) < 4.78 is 0.243. The molecule has 16 heavy (non-hydrogen) atoms. The number of likely N-dealkylation sites (tertiary alicyclic amines) is 1. The zero-order chi connectivity index (χ0) is 11.5. The van der Waals surface area contributed by atoms with E-state index in [0.29, 0.717) is 5.92 Å². The van der Waals surface area contributed by atoms with Crippen LogP contribution in [0.25, 0.3) is 0 Å². The van der Waals surface area contributed by atoms with Gasteiger partial charge in [0.05, 0.1) is 0 Å². The van der Waals surface area contributed by atoms with Crippen molar-refractivity contribution in [2.24, 2.45) is 11.8 Å². The van der Waals surface area contributed by atoms with Gasteiger partial charge in [0.2, 0.25) is 3.79 Å². The molecule has 1 atom stereocenters. The van der Waals surface area contributed by atoms with E-state index in [-0.39, 0.29) is 3.79 Å². The van der Waals surface area contributed by atoms with Gasteiger partial charge in [0.1, 0.15) is 0 Å². The molecular weight excluding hydrogens is 313 g/mol. The third-order valence-electron chi connectivity index (χ3n) is 3.85. The Kier molecular flexibility index (Phi) is 4.41. The molecule has 0 aromatic rings. The van der Waals surface area contributed by atoms with E-state index in [1.807, 2.05) is 22.6 Å². The molecule has 1 saturated heterocycles. The first-order valence-electron chi connectivity index (χ1n) is 6.26. The molecule has 1 unspecified atom stereocenters. The molecule has 2 aliphatic rings. The summed E-state index contributed by atoms with van der Waals surface area (Å²) in [7, 11) is 0. The lowest BCUT2D eigenvalue weighted by atomic mass is 9.97. The summed E-state index contributed by atoms with van der Waals surface area (Å²) in [6.07, 6.45) is 6.95. The summed E-state index contributed by atoms with van der Waals surface area (Å²) >= 11 is 1.91. The molecule has 1 aliphatic heterocycles. The molecule has 0 bridgehead atoms. The molecule has 1 aliphatic carbocycles. The number of rotatable bonds is 3. The van der Waals surface area contributed by atoms with Crippen molar-refractivity contribution in [3.8, 4) is 0 Å². The molecule has 0 aromatic carbocycles. The highest BCUT2D eigenvalue weighted by Crippen LogP contribution is 2.29. The SMILES string of the molecule is CC1CCN(CC2CC=C(C(=O)I)C2)CC1. The van der Waals surface area contributed by atoms with Gasteiger partial charge in [-0.1, -0.05) is 13.0 Å². The van der Waals surface area contributed by atoms with Gasteiger partial charge < -0.3 is 4.90 Å². The molecular formula is C13H20INO. The smallest absolute Gasteiger partial charge is 0.218 e. The van der Waals surface area contributed by atoms with Gasteiger partial charge >= 0.3 is 0 Å². The van der Waals surface area contributed by atoms with Crippen molar-refractivity contribution in [2.45, 2.75) is 32.6 Å². The van der Waals surface area contributed by atoms with E-state index < -0.39 is 0 Å². The Morgan fingerprint density at radius 2 is 2.19 bits per heavy atom. The van der Waals surface area contributed by atoms with Crippen molar-refractivity contribution in [3.05, 3.63) is 11.6 Å². The molecule has 3 heteroatoms. The van der Waals surface area contributed by atoms with E-state index in [0.717, 1.165) is 24.3 Å². The van der Waals surface area contributed by atoms with Crippen LogP contribution in [-0.4, -0.2) is 28.3 Å². The molecule has 0 aromatic heterocycles. The second-order valence-corrected chi connectivity index (χ2v) is 6.27. The van der Waals surface area contributed by atoms with Gasteiger partial charge in [-0.15, -0.1) is 0 Å². The van der Waals surface area contributed by atoms with Crippen molar-refractivity contribution in [1.29, 1.82) is 0 Å². The highest BCUT2D eigenvalue weighted by Gasteiger charge is 2.24. The number of carbonyl (C=O) groups excluding carboxylic acids is 1. The van der Waals surface area contributed by atoms with E-state index in [2.05, 4.69) is 17.9 Å². The van der Waals surface area contributed by atoms with Gasteiger partial charge in [-0.3, -0.25) is 4.79 Å². The Bertz CT molecular complexity index is 292. The zero-order valence-electron chi connectivity index (χ0n) is 9.92. The minimum Gasteiger partial charge on any atom is -0.303 e. The first-order valence-corrected chi connectivity index (χ1v) is 7.34. The van der Waals surface area contributed by atoms with Crippen LogP contribution in [0.15, 0.2) is 11.6 Å². The molecule has 0 N–H and O–H groups in total. The largest absolute Gasteiger partial charge is 0.303 e. The molecule has 1 fully saturated rings.